The van der Waals surface area contributed by atoms with Crippen LogP contribution in [-0.2, 0) is 11.3 Å². The van der Waals surface area contributed by atoms with E-state index in [9.17, 15) is 4.79 Å². The lowest BCUT2D eigenvalue weighted by atomic mass is 10.0. The van der Waals surface area contributed by atoms with Crippen molar-refractivity contribution in [1.82, 2.24) is 19.8 Å². The van der Waals surface area contributed by atoms with Gasteiger partial charge >= 0.3 is 6.09 Å². The number of rotatable bonds is 6. The van der Waals surface area contributed by atoms with Gasteiger partial charge in [-0.1, -0.05) is 25.1 Å². The average molecular weight is 336 g/mol. The lowest BCUT2D eigenvalue weighted by molar-refractivity contribution is 0.0627. The molecule has 0 aliphatic carbocycles. The van der Waals surface area contributed by atoms with Crippen molar-refractivity contribution < 1.29 is 9.53 Å². The zero-order valence-corrected chi connectivity index (χ0v) is 14.6. The fourth-order valence-electron chi connectivity index (χ4n) is 3.13. The first-order valence-electron chi connectivity index (χ1n) is 8.20. The van der Waals surface area contributed by atoms with Crippen LogP contribution in [0.5, 0.6) is 0 Å². The fraction of sp³-hybridized carbons (Fsp3) is 0.688. The monoisotopic (exact) mass is 336 g/mol. The van der Waals surface area contributed by atoms with Gasteiger partial charge in [0.05, 0.1) is 6.54 Å². The molecule has 0 bridgehead atoms. The summed E-state index contributed by atoms with van der Waals surface area (Å²) in [6, 6.07) is 0. The molecule has 1 aromatic heterocycles. The molecule has 0 N–H and O–H groups in total. The van der Waals surface area contributed by atoms with Crippen molar-refractivity contribution in [3.8, 4) is 0 Å². The third-order valence-electron chi connectivity index (χ3n) is 4.35. The van der Waals surface area contributed by atoms with Crippen LogP contribution in [0.2, 0.25) is 0 Å². The van der Waals surface area contributed by atoms with Gasteiger partial charge in [-0.2, -0.15) is 0 Å². The predicted molar refractivity (Wildman–Crippen MR) is 89.4 cm³/mol. The molecule has 0 saturated carbocycles. The van der Waals surface area contributed by atoms with E-state index in [4.69, 9.17) is 4.74 Å². The quantitative estimate of drug-likeness (QED) is 0.452. The number of hydrogen-bond acceptors (Lipinski definition) is 6. The number of nitrogens with zero attached hydrogens (tertiary/aromatic N) is 4. The number of aromatic nitrogens is 2. The highest BCUT2D eigenvalue weighted by Crippen LogP contribution is 2.32. The molecule has 6 nitrogen and oxygen atoms in total. The highest BCUT2D eigenvalue weighted by Gasteiger charge is 2.48. The van der Waals surface area contributed by atoms with Gasteiger partial charge in [0.25, 0.3) is 0 Å². The zero-order valence-electron chi connectivity index (χ0n) is 13.8. The molecule has 3 heterocycles. The van der Waals surface area contributed by atoms with Crippen molar-refractivity contribution in [3.63, 3.8) is 0 Å². The van der Waals surface area contributed by atoms with E-state index in [1.54, 1.807) is 23.7 Å². The van der Waals surface area contributed by atoms with Crippen LogP contribution in [0.1, 0.15) is 31.7 Å². The smallest absolute Gasteiger partial charge is 0.410 e. The van der Waals surface area contributed by atoms with Gasteiger partial charge in [0.2, 0.25) is 0 Å². The highest BCUT2D eigenvalue weighted by molar-refractivity contribution is 7.99. The summed E-state index contributed by atoms with van der Waals surface area (Å²) in [6.45, 7) is 5.41. The molecule has 2 aliphatic heterocycles. The van der Waals surface area contributed by atoms with E-state index < -0.39 is 0 Å². The van der Waals surface area contributed by atoms with Gasteiger partial charge < -0.3 is 9.64 Å². The summed E-state index contributed by atoms with van der Waals surface area (Å²) in [7, 11) is 1.79. The second-order valence-corrected chi connectivity index (χ2v) is 7.51. The molecule has 1 aromatic rings. The summed E-state index contributed by atoms with van der Waals surface area (Å²) < 4.78 is 5.57. The minimum absolute atomic E-state index is 0.205. The van der Waals surface area contributed by atoms with Crippen LogP contribution in [-0.4, -0.2) is 63.9 Å². The van der Waals surface area contributed by atoms with E-state index >= 15 is 0 Å². The maximum Gasteiger partial charge on any atom is 0.410 e. The Bertz CT molecular complexity index is 554. The second kappa shape index (κ2) is 7.05. The molecule has 23 heavy (non-hydrogen) atoms. The summed E-state index contributed by atoms with van der Waals surface area (Å²) in [5, 5.41) is 0.853. The number of likely N-dealkylation sites (N-methyl/N-ethyl adjacent to an activating group) is 1. The second-order valence-electron chi connectivity index (χ2n) is 6.44. The molecule has 1 atom stereocenters. The van der Waals surface area contributed by atoms with E-state index in [0.29, 0.717) is 6.54 Å². The number of unbranched alkanes of at least 4 members (excludes halogenated alkanes) is 1. The highest BCUT2D eigenvalue weighted by atomic mass is 32.2. The number of ether oxygens (including phenoxy) is 1. The van der Waals surface area contributed by atoms with Crippen LogP contribution >= 0.6 is 11.8 Å². The Morgan fingerprint density at radius 3 is 2.78 bits per heavy atom. The summed E-state index contributed by atoms with van der Waals surface area (Å²) in [6.07, 6.45) is 6.91. The van der Waals surface area contributed by atoms with Gasteiger partial charge in [0.15, 0.2) is 5.16 Å². The first-order valence-corrected chi connectivity index (χ1v) is 9.19. The van der Waals surface area contributed by atoms with Gasteiger partial charge in [0, 0.05) is 56.8 Å². The summed E-state index contributed by atoms with van der Waals surface area (Å²) in [5.41, 5.74) is 0.794. The first kappa shape index (κ1) is 16.5. The molecule has 1 amide bonds. The molecule has 126 valence electrons. The van der Waals surface area contributed by atoms with Crippen molar-refractivity contribution in [2.75, 3.05) is 32.4 Å². The van der Waals surface area contributed by atoms with E-state index in [0.717, 1.165) is 42.5 Å². The third kappa shape index (κ3) is 3.95. The maximum absolute atomic E-state index is 11.6. The number of carbonyl (C=O) groups excluding carboxylic acids is 1. The Hall–Kier alpha value is -1.34. The van der Waals surface area contributed by atoms with Crippen molar-refractivity contribution >= 4 is 17.9 Å². The number of thioether (sulfide) groups is 1. The number of likely N-dealkylation sites (tertiary alicyclic amines) is 1. The van der Waals surface area contributed by atoms with Gasteiger partial charge in [-0.25, -0.2) is 14.8 Å². The van der Waals surface area contributed by atoms with Crippen molar-refractivity contribution in [1.29, 1.82) is 0 Å². The maximum atomic E-state index is 11.6. The van der Waals surface area contributed by atoms with Crippen molar-refractivity contribution in [2.24, 2.45) is 0 Å². The Morgan fingerprint density at radius 2 is 2.13 bits per heavy atom. The Labute approximate surface area is 141 Å². The number of hydrogen-bond donors (Lipinski definition) is 0. The largest absolute Gasteiger partial charge is 0.439 e. The first-order chi connectivity index (χ1) is 11.1. The van der Waals surface area contributed by atoms with Gasteiger partial charge in [-0.05, 0) is 6.42 Å². The SMILES string of the molecule is CCCCSc1ncc(CN2CC[C@@]3(C2)CN(C)C(=O)O3)cn1. The van der Waals surface area contributed by atoms with Crippen LogP contribution in [0.15, 0.2) is 17.6 Å². The fourth-order valence-corrected chi connectivity index (χ4v) is 4.00. The minimum atomic E-state index is -0.317. The van der Waals surface area contributed by atoms with E-state index in [1.165, 1.54) is 12.8 Å². The lowest BCUT2D eigenvalue weighted by Gasteiger charge is -2.21. The zero-order chi connectivity index (χ0) is 16.3. The van der Waals surface area contributed by atoms with Crippen LogP contribution in [0.3, 0.4) is 0 Å². The molecular formula is C16H24N4O2S. The molecule has 0 unspecified atom stereocenters. The van der Waals surface area contributed by atoms with Gasteiger partial charge in [-0.15, -0.1) is 0 Å². The van der Waals surface area contributed by atoms with Crippen LogP contribution in [0.25, 0.3) is 0 Å². The minimum Gasteiger partial charge on any atom is -0.439 e. The van der Waals surface area contributed by atoms with E-state index in [1.807, 2.05) is 12.4 Å². The normalized spacial score (nSPS) is 24.6. The van der Waals surface area contributed by atoms with Crippen LogP contribution in [0, 0.1) is 0 Å². The molecule has 7 heteroatoms. The molecule has 1 spiro atoms. The lowest BCUT2D eigenvalue weighted by Crippen LogP contribution is -2.37. The van der Waals surface area contributed by atoms with Crippen molar-refractivity contribution in [3.05, 3.63) is 18.0 Å². The molecule has 0 radical (unpaired) electrons. The molecule has 3 rings (SSSR count). The molecule has 0 aromatic carbocycles. The van der Waals surface area contributed by atoms with E-state index in [-0.39, 0.29) is 11.7 Å². The molecule has 2 fully saturated rings. The summed E-state index contributed by atoms with van der Waals surface area (Å²) >= 11 is 1.71. The Balaban J connectivity index is 1.51. The van der Waals surface area contributed by atoms with Crippen molar-refractivity contribution in [2.45, 2.75) is 43.5 Å². The number of carbonyl (C=O) groups is 1. The van der Waals surface area contributed by atoms with Gasteiger partial charge in [-0.3, -0.25) is 4.90 Å². The van der Waals surface area contributed by atoms with Crippen LogP contribution < -0.4 is 0 Å². The Kier molecular flexibility index (Phi) is 5.06. The molecule has 2 saturated heterocycles. The standard InChI is InChI=1S/C16H24N4O2S/c1-3-4-7-23-14-17-8-13(9-18-14)10-20-6-5-16(12-20)11-19(2)15(21)22-16/h8-9H,3-7,10-12H2,1-2H3/t16-/m0/s1. The van der Waals surface area contributed by atoms with Crippen LogP contribution in [0.4, 0.5) is 4.79 Å². The molecular weight excluding hydrogens is 312 g/mol. The summed E-state index contributed by atoms with van der Waals surface area (Å²) in [4.78, 5) is 24.5. The average Bonchev–Trinajstić information content (AvgIpc) is 3.04. The Morgan fingerprint density at radius 1 is 1.35 bits per heavy atom. The molecule has 2 aliphatic rings. The third-order valence-corrected chi connectivity index (χ3v) is 5.31. The van der Waals surface area contributed by atoms with Gasteiger partial charge in [0.1, 0.15) is 5.60 Å². The predicted octanol–water partition coefficient (Wildman–Crippen LogP) is 2.40. The summed E-state index contributed by atoms with van der Waals surface area (Å²) in [5.74, 6) is 1.07. The topological polar surface area (TPSA) is 58.6 Å². The van der Waals surface area contributed by atoms with E-state index in [2.05, 4.69) is 21.8 Å². The number of amides is 1.